The molecule has 0 fully saturated rings. The molecule has 0 heterocycles. The molecule has 0 aliphatic heterocycles. The first-order valence-corrected chi connectivity index (χ1v) is 5.90. The number of nitrogens with one attached hydrogen (secondary N) is 1. The second-order valence-corrected chi connectivity index (χ2v) is 4.30. The normalized spacial score (nSPS) is 14.1. The van der Waals surface area contributed by atoms with Crippen molar-refractivity contribution < 1.29 is 0 Å². The first-order valence-electron chi connectivity index (χ1n) is 5.90. The van der Waals surface area contributed by atoms with Crippen LogP contribution in [0.15, 0.2) is 0 Å². The van der Waals surface area contributed by atoms with E-state index in [1.165, 1.54) is 25.8 Å². The SMILES string of the molecule is CCCNC(C(C)C)C(CC)CC. The third-order valence-corrected chi connectivity index (χ3v) is 2.90. The van der Waals surface area contributed by atoms with Crippen LogP contribution in [0.25, 0.3) is 0 Å². The van der Waals surface area contributed by atoms with Crippen molar-refractivity contribution in [3.05, 3.63) is 0 Å². The Morgan fingerprint density at radius 1 is 1.00 bits per heavy atom. The van der Waals surface area contributed by atoms with Crippen LogP contribution in [0.2, 0.25) is 0 Å². The van der Waals surface area contributed by atoms with Crippen LogP contribution < -0.4 is 5.32 Å². The highest BCUT2D eigenvalue weighted by Crippen LogP contribution is 2.19. The van der Waals surface area contributed by atoms with E-state index in [1.807, 2.05) is 0 Å². The summed E-state index contributed by atoms with van der Waals surface area (Å²) in [6, 6.07) is 0.718. The molecule has 0 saturated heterocycles. The summed E-state index contributed by atoms with van der Waals surface area (Å²) in [6.07, 6.45) is 3.84. The molecule has 0 rings (SSSR count). The number of rotatable bonds is 7. The van der Waals surface area contributed by atoms with E-state index in [0.29, 0.717) is 0 Å². The fraction of sp³-hybridized carbons (Fsp3) is 1.00. The summed E-state index contributed by atoms with van der Waals surface area (Å²) in [7, 11) is 0. The highest BCUT2D eigenvalue weighted by molar-refractivity contribution is 4.77. The monoisotopic (exact) mass is 185 g/mol. The van der Waals surface area contributed by atoms with E-state index < -0.39 is 0 Å². The third-order valence-electron chi connectivity index (χ3n) is 2.90. The minimum Gasteiger partial charge on any atom is -0.313 e. The zero-order valence-corrected chi connectivity index (χ0v) is 10.1. The van der Waals surface area contributed by atoms with Crippen molar-refractivity contribution in [1.29, 1.82) is 0 Å². The van der Waals surface area contributed by atoms with Crippen molar-refractivity contribution in [3.8, 4) is 0 Å². The van der Waals surface area contributed by atoms with Gasteiger partial charge in [-0.3, -0.25) is 0 Å². The molecule has 0 aliphatic rings. The first kappa shape index (κ1) is 13.0. The van der Waals surface area contributed by atoms with Gasteiger partial charge in [0.05, 0.1) is 0 Å². The van der Waals surface area contributed by atoms with Crippen LogP contribution in [-0.4, -0.2) is 12.6 Å². The lowest BCUT2D eigenvalue weighted by molar-refractivity contribution is 0.269. The molecule has 1 heteroatoms. The van der Waals surface area contributed by atoms with Crippen molar-refractivity contribution in [3.63, 3.8) is 0 Å². The molecule has 80 valence electrons. The van der Waals surface area contributed by atoms with E-state index >= 15 is 0 Å². The van der Waals surface area contributed by atoms with Gasteiger partial charge in [0.1, 0.15) is 0 Å². The van der Waals surface area contributed by atoms with Gasteiger partial charge >= 0.3 is 0 Å². The van der Waals surface area contributed by atoms with Crippen molar-refractivity contribution >= 4 is 0 Å². The molecule has 13 heavy (non-hydrogen) atoms. The Hall–Kier alpha value is -0.0400. The quantitative estimate of drug-likeness (QED) is 0.640. The predicted octanol–water partition coefficient (Wildman–Crippen LogP) is 3.45. The summed E-state index contributed by atoms with van der Waals surface area (Å²) < 4.78 is 0. The second-order valence-electron chi connectivity index (χ2n) is 4.30. The fourth-order valence-corrected chi connectivity index (χ4v) is 2.05. The molecular formula is C12H27N. The van der Waals surface area contributed by atoms with E-state index in [1.54, 1.807) is 0 Å². The molecule has 0 spiro atoms. The van der Waals surface area contributed by atoms with Crippen LogP contribution in [0.1, 0.15) is 53.9 Å². The standard InChI is InChI=1S/C12H27N/c1-6-9-13-12(10(4)5)11(7-2)8-3/h10-13H,6-9H2,1-5H3. The van der Waals surface area contributed by atoms with Crippen LogP contribution in [0.4, 0.5) is 0 Å². The molecule has 1 N–H and O–H groups in total. The molecule has 0 radical (unpaired) electrons. The average Bonchev–Trinajstić information content (AvgIpc) is 2.11. The summed E-state index contributed by atoms with van der Waals surface area (Å²) >= 11 is 0. The summed E-state index contributed by atoms with van der Waals surface area (Å²) in [4.78, 5) is 0. The lowest BCUT2D eigenvalue weighted by Gasteiger charge is -2.29. The van der Waals surface area contributed by atoms with Gasteiger partial charge in [0.25, 0.3) is 0 Å². The van der Waals surface area contributed by atoms with Gasteiger partial charge in [-0.25, -0.2) is 0 Å². The molecule has 0 aliphatic carbocycles. The Kier molecular flexibility index (Phi) is 7.35. The largest absolute Gasteiger partial charge is 0.313 e. The van der Waals surface area contributed by atoms with Crippen molar-refractivity contribution in [2.45, 2.75) is 59.9 Å². The minimum atomic E-state index is 0.718. The van der Waals surface area contributed by atoms with Crippen LogP contribution >= 0.6 is 0 Å². The maximum atomic E-state index is 3.67. The Labute approximate surface area is 84.3 Å². The van der Waals surface area contributed by atoms with E-state index in [9.17, 15) is 0 Å². The zero-order chi connectivity index (χ0) is 10.3. The summed E-state index contributed by atoms with van der Waals surface area (Å²) in [5.41, 5.74) is 0. The van der Waals surface area contributed by atoms with Crippen LogP contribution in [0, 0.1) is 11.8 Å². The van der Waals surface area contributed by atoms with Gasteiger partial charge in [-0.15, -0.1) is 0 Å². The third kappa shape index (κ3) is 4.66. The molecule has 1 nitrogen and oxygen atoms in total. The maximum absolute atomic E-state index is 3.67. The Morgan fingerprint density at radius 2 is 1.54 bits per heavy atom. The average molecular weight is 185 g/mol. The van der Waals surface area contributed by atoms with Gasteiger partial charge in [0, 0.05) is 6.04 Å². The molecular weight excluding hydrogens is 158 g/mol. The lowest BCUT2D eigenvalue weighted by atomic mass is 9.86. The van der Waals surface area contributed by atoms with Crippen LogP contribution in [0.5, 0.6) is 0 Å². The van der Waals surface area contributed by atoms with Gasteiger partial charge < -0.3 is 5.32 Å². The number of hydrogen-bond acceptors (Lipinski definition) is 1. The van der Waals surface area contributed by atoms with E-state index in [0.717, 1.165) is 17.9 Å². The predicted molar refractivity (Wildman–Crippen MR) is 61.0 cm³/mol. The van der Waals surface area contributed by atoms with Crippen molar-refractivity contribution in [2.24, 2.45) is 11.8 Å². The Morgan fingerprint density at radius 3 is 1.85 bits per heavy atom. The van der Waals surface area contributed by atoms with Crippen molar-refractivity contribution in [2.75, 3.05) is 6.54 Å². The second kappa shape index (κ2) is 7.37. The van der Waals surface area contributed by atoms with Crippen LogP contribution in [0.3, 0.4) is 0 Å². The Bertz CT molecular complexity index is 106. The van der Waals surface area contributed by atoms with Gasteiger partial charge in [-0.1, -0.05) is 47.5 Å². The molecule has 0 amide bonds. The summed E-state index contributed by atoms with van der Waals surface area (Å²) in [6.45, 7) is 12.7. The smallest absolute Gasteiger partial charge is 0.0118 e. The maximum Gasteiger partial charge on any atom is 0.0118 e. The molecule has 0 aromatic carbocycles. The van der Waals surface area contributed by atoms with Gasteiger partial charge in [0.15, 0.2) is 0 Å². The number of hydrogen-bond donors (Lipinski definition) is 1. The topological polar surface area (TPSA) is 12.0 Å². The van der Waals surface area contributed by atoms with Gasteiger partial charge in [-0.05, 0) is 24.8 Å². The summed E-state index contributed by atoms with van der Waals surface area (Å²) in [5.74, 6) is 1.61. The molecule has 0 saturated carbocycles. The van der Waals surface area contributed by atoms with E-state index in [2.05, 4.69) is 39.9 Å². The van der Waals surface area contributed by atoms with Crippen molar-refractivity contribution in [1.82, 2.24) is 5.32 Å². The zero-order valence-electron chi connectivity index (χ0n) is 10.1. The highest BCUT2D eigenvalue weighted by atomic mass is 14.9. The van der Waals surface area contributed by atoms with E-state index in [4.69, 9.17) is 0 Å². The lowest BCUT2D eigenvalue weighted by Crippen LogP contribution is -2.40. The molecule has 0 aromatic heterocycles. The molecule has 1 unspecified atom stereocenters. The molecule has 0 bridgehead atoms. The van der Waals surface area contributed by atoms with Gasteiger partial charge in [0.2, 0.25) is 0 Å². The highest BCUT2D eigenvalue weighted by Gasteiger charge is 2.20. The van der Waals surface area contributed by atoms with Crippen LogP contribution in [-0.2, 0) is 0 Å². The molecule has 1 atom stereocenters. The fourth-order valence-electron chi connectivity index (χ4n) is 2.05. The van der Waals surface area contributed by atoms with Gasteiger partial charge in [-0.2, -0.15) is 0 Å². The molecule has 0 aromatic rings. The summed E-state index contributed by atoms with van der Waals surface area (Å²) in [5, 5.41) is 3.67. The Balaban J connectivity index is 4.04. The van der Waals surface area contributed by atoms with E-state index in [-0.39, 0.29) is 0 Å². The minimum absolute atomic E-state index is 0.718. The first-order chi connectivity index (χ1) is 6.17.